The van der Waals surface area contributed by atoms with Gasteiger partial charge in [-0.05, 0) is 51.9 Å². The topological polar surface area (TPSA) is 46.5 Å². The Labute approximate surface area is 149 Å². The molecule has 0 spiro atoms. The minimum Gasteiger partial charge on any atom is -0.466 e. The molecule has 24 heavy (non-hydrogen) atoms. The zero-order chi connectivity index (χ0) is 18.2. The largest absolute Gasteiger partial charge is 0.466 e. The molecular formula is C21H40O3. The van der Waals surface area contributed by atoms with Gasteiger partial charge in [0.05, 0.1) is 12.7 Å². The Bertz CT molecular complexity index is 332. The summed E-state index contributed by atoms with van der Waals surface area (Å²) in [7, 11) is 0. The Hall–Kier alpha value is -0.830. The molecule has 3 nitrogen and oxygen atoms in total. The van der Waals surface area contributed by atoms with Gasteiger partial charge in [0.25, 0.3) is 0 Å². The predicted molar refractivity (Wildman–Crippen MR) is 102 cm³/mol. The fourth-order valence-electron chi connectivity index (χ4n) is 2.66. The van der Waals surface area contributed by atoms with E-state index in [0.717, 1.165) is 32.1 Å². The van der Waals surface area contributed by atoms with Crippen LogP contribution < -0.4 is 0 Å². The number of carbonyl (C=O) groups is 1. The molecule has 142 valence electrons. The maximum Gasteiger partial charge on any atom is 0.305 e. The Balaban J connectivity index is 3.56. The summed E-state index contributed by atoms with van der Waals surface area (Å²) in [5.41, 5.74) is 1.36. The van der Waals surface area contributed by atoms with Crippen molar-refractivity contribution in [2.24, 2.45) is 5.92 Å². The second-order valence-electron chi connectivity index (χ2n) is 7.37. The second kappa shape index (κ2) is 15.7. The van der Waals surface area contributed by atoms with E-state index in [-0.39, 0.29) is 12.1 Å². The molecule has 0 saturated carbocycles. The van der Waals surface area contributed by atoms with Crippen molar-refractivity contribution in [3.05, 3.63) is 11.6 Å². The number of esters is 1. The molecular weight excluding hydrogens is 300 g/mol. The predicted octanol–water partition coefficient (Wildman–Crippen LogP) is 5.80. The van der Waals surface area contributed by atoms with Gasteiger partial charge in [-0.3, -0.25) is 4.79 Å². The molecule has 0 fully saturated rings. The summed E-state index contributed by atoms with van der Waals surface area (Å²) in [6.07, 6.45) is 12.7. The van der Waals surface area contributed by atoms with Crippen LogP contribution in [-0.2, 0) is 9.53 Å². The van der Waals surface area contributed by atoms with E-state index in [0.29, 0.717) is 25.4 Å². The number of aliphatic hydroxyl groups excluding tert-OH is 1. The standard InChI is InChI=1S/C21H40O3/c1-5-6-7-8-9-13-20(22)14-15-21(23)24-17-16-19(4)12-10-11-18(2)3/h11,19-20,22H,5-10,12-17H2,1-4H3. The number of rotatable bonds is 15. The highest BCUT2D eigenvalue weighted by molar-refractivity contribution is 5.69. The van der Waals surface area contributed by atoms with Crippen molar-refractivity contribution in [2.75, 3.05) is 6.61 Å². The number of hydrogen-bond donors (Lipinski definition) is 1. The molecule has 0 aromatic heterocycles. The first-order valence-corrected chi connectivity index (χ1v) is 9.92. The third-order valence-electron chi connectivity index (χ3n) is 4.41. The van der Waals surface area contributed by atoms with E-state index < -0.39 is 0 Å². The summed E-state index contributed by atoms with van der Waals surface area (Å²) < 4.78 is 5.28. The van der Waals surface area contributed by atoms with E-state index in [1.165, 1.54) is 31.3 Å². The van der Waals surface area contributed by atoms with E-state index in [4.69, 9.17) is 4.74 Å². The highest BCUT2D eigenvalue weighted by atomic mass is 16.5. The first kappa shape index (κ1) is 23.2. The van der Waals surface area contributed by atoms with E-state index in [9.17, 15) is 9.90 Å². The molecule has 0 aromatic rings. The number of hydrogen-bond acceptors (Lipinski definition) is 3. The van der Waals surface area contributed by atoms with E-state index in [1.807, 2.05) is 0 Å². The van der Waals surface area contributed by atoms with Crippen molar-refractivity contribution < 1.29 is 14.6 Å². The van der Waals surface area contributed by atoms with E-state index in [1.54, 1.807) is 0 Å². The summed E-state index contributed by atoms with van der Waals surface area (Å²) in [5, 5.41) is 9.90. The molecule has 1 N–H and O–H groups in total. The van der Waals surface area contributed by atoms with Crippen molar-refractivity contribution in [3.63, 3.8) is 0 Å². The van der Waals surface area contributed by atoms with Crippen LogP contribution in [0.4, 0.5) is 0 Å². The van der Waals surface area contributed by atoms with E-state index in [2.05, 4.69) is 33.8 Å². The SMILES string of the molecule is CCCCCCCC(O)CCC(=O)OCCC(C)CCC=C(C)C. The monoisotopic (exact) mass is 340 g/mol. The number of aliphatic hydroxyl groups is 1. The van der Waals surface area contributed by atoms with Crippen LogP contribution in [0.25, 0.3) is 0 Å². The highest BCUT2D eigenvalue weighted by Crippen LogP contribution is 2.13. The molecule has 2 atom stereocenters. The smallest absolute Gasteiger partial charge is 0.305 e. The number of carbonyl (C=O) groups excluding carboxylic acids is 1. The Kier molecular flexibility index (Phi) is 15.1. The zero-order valence-corrected chi connectivity index (χ0v) is 16.5. The van der Waals surface area contributed by atoms with Gasteiger partial charge in [-0.15, -0.1) is 0 Å². The summed E-state index contributed by atoms with van der Waals surface area (Å²) in [6.45, 7) is 9.14. The summed E-state index contributed by atoms with van der Waals surface area (Å²) in [5.74, 6) is 0.402. The molecule has 0 aliphatic heterocycles. The average molecular weight is 341 g/mol. The van der Waals surface area contributed by atoms with Crippen molar-refractivity contribution >= 4 is 5.97 Å². The molecule has 0 aromatic carbocycles. The maximum atomic E-state index is 11.7. The second-order valence-corrected chi connectivity index (χ2v) is 7.37. The molecule has 0 aliphatic carbocycles. The fourth-order valence-corrected chi connectivity index (χ4v) is 2.66. The van der Waals surface area contributed by atoms with E-state index >= 15 is 0 Å². The molecule has 0 rings (SSSR count). The lowest BCUT2D eigenvalue weighted by molar-refractivity contribution is -0.144. The van der Waals surface area contributed by atoms with Gasteiger partial charge >= 0.3 is 5.97 Å². The lowest BCUT2D eigenvalue weighted by atomic mass is 10.0. The summed E-state index contributed by atoms with van der Waals surface area (Å²) in [6, 6.07) is 0. The molecule has 0 aliphatic rings. The molecule has 0 radical (unpaired) electrons. The molecule has 0 amide bonds. The molecule has 0 heterocycles. The van der Waals surface area contributed by atoms with Gasteiger partial charge in [-0.1, -0.05) is 57.6 Å². The van der Waals surface area contributed by atoms with Crippen LogP contribution in [0.15, 0.2) is 11.6 Å². The molecule has 3 heteroatoms. The minimum atomic E-state index is -0.359. The summed E-state index contributed by atoms with van der Waals surface area (Å²) >= 11 is 0. The first-order valence-electron chi connectivity index (χ1n) is 9.92. The quantitative estimate of drug-likeness (QED) is 0.233. The van der Waals surface area contributed by atoms with Crippen molar-refractivity contribution in [2.45, 2.75) is 104 Å². The zero-order valence-electron chi connectivity index (χ0n) is 16.5. The van der Waals surface area contributed by atoms with Crippen LogP contribution in [0.5, 0.6) is 0 Å². The molecule has 0 bridgehead atoms. The van der Waals surface area contributed by atoms with Crippen molar-refractivity contribution in [1.29, 1.82) is 0 Å². The minimum absolute atomic E-state index is 0.170. The van der Waals surface area contributed by atoms with Crippen LogP contribution in [0.3, 0.4) is 0 Å². The van der Waals surface area contributed by atoms with Crippen molar-refractivity contribution in [3.8, 4) is 0 Å². The third kappa shape index (κ3) is 16.0. The van der Waals surface area contributed by atoms with Gasteiger partial charge in [0.1, 0.15) is 0 Å². The molecule has 2 unspecified atom stereocenters. The van der Waals surface area contributed by atoms with Gasteiger partial charge in [0, 0.05) is 6.42 Å². The Morgan fingerprint density at radius 1 is 1.04 bits per heavy atom. The number of ether oxygens (including phenoxy) is 1. The van der Waals surface area contributed by atoms with Crippen LogP contribution in [0.2, 0.25) is 0 Å². The molecule has 0 saturated heterocycles. The van der Waals surface area contributed by atoms with Crippen molar-refractivity contribution in [1.82, 2.24) is 0 Å². The number of allylic oxidation sites excluding steroid dienone is 2. The van der Waals surface area contributed by atoms with Crippen LogP contribution in [0, 0.1) is 5.92 Å². The lowest BCUT2D eigenvalue weighted by Crippen LogP contribution is -2.13. The van der Waals surface area contributed by atoms with Gasteiger partial charge in [-0.2, -0.15) is 0 Å². The fraction of sp³-hybridized carbons (Fsp3) is 0.857. The summed E-state index contributed by atoms with van der Waals surface area (Å²) in [4.78, 5) is 11.7. The highest BCUT2D eigenvalue weighted by Gasteiger charge is 2.10. The third-order valence-corrected chi connectivity index (χ3v) is 4.41. The Morgan fingerprint density at radius 3 is 2.42 bits per heavy atom. The first-order chi connectivity index (χ1) is 11.5. The van der Waals surface area contributed by atoms with Crippen LogP contribution in [0.1, 0.15) is 98.3 Å². The number of unbranched alkanes of at least 4 members (excludes halogenated alkanes) is 4. The average Bonchev–Trinajstić information content (AvgIpc) is 2.52. The lowest BCUT2D eigenvalue weighted by Gasteiger charge is -2.12. The van der Waals surface area contributed by atoms with Gasteiger partial charge in [-0.25, -0.2) is 0 Å². The van der Waals surface area contributed by atoms with Gasteiger partial charge in [0.2, 0.25) is 0 Å². The van der Waals surface area contributed by atoms with Crippen LogP contribution >= 0.6 is 0 Å². The maximum absolute atomic E-state index is 11.7. The Morgan fingerprint density at radius 2 is 1.75 bits per heavy atom. The van der Waals surface area contributed by atoms with Gasteiger partial charge < -0.3 is 9.84 Å². The van der Waals surface area contributed by atoms with Crippen LogP contribution in [-0.4, -0.2) is 23.8 Å². The van der Waals surface area contributed by atoms with Gasteiger partial charge in [0.15, 0.2) is 0 Å². The normalized spacial score (nSPS) is 13.4.